The Morgan fingerprint density at radius 1 is 0.968 bits per heavy atom. The summed E-state index contributed by atoms with van der Waals surface area (Å²) >= 11 is 12.3. The fourth-order valence-corrected chi connectivity index (χ4v) is 3.83. The van der Waals surface area contributed by atoms with Crippen LogP contribution in [0.15, 0.2) is 78.9 Å². The predicted octanol–water partition coefficient (Wildman–Crippen LogP) is 7.04. The Hall–Kier alpha value is -3.21. The first kappa shape index (κ1) is 21.0. The second-order valence-corrected chi connectivity index (χ2v) is 7.92. The number of carboxylic acid groups (broad SMARTS) is 1. The molecule has 156 valence electrons. The van der Waals surface area contributed by atoms with E-state index in [1.807, 2.05) is 66.1 Å². The summed E-state index contributed by atoms with van der Waals surface area (Å²) < 4.78 is 8.10. The summed E-state index contributed by atoms with van der Waals surface area (Å²) in [6.45, 7) is 2.36. The van der Waals surface area contributed by atoms with Crippen LogP contribution in [0.1, 0.15) is 21.6 Å². The highest BCUT2D eigenvalue weighted by molar-refractivity contribution is 6.33. The standard InChI is InChI=1S/C25H19Cl2NO3/c1-16-7-12-23(28(16)19-9-11-22(27)21(14-19)25(29)30)20-10-8-18(26)13-24(20)31-15-17-5-3-2-4-6-17/h2-14H,15H2,1H3,(H,29,30). The molecule has 0 bridgehead atoms. The van der Waals surface area contributed by atoms with Gasteiger partial charge in [-0.15, -0.1) is 0 Å². The summed E-state index contributed by atoms with van der Waals surface area (Å²) in [5.74, 6) is -0.431. The lowest BCUT2D eigenvalue weighted by molar-refractivity contribution is 0.0697. The Balaban J connectivity index is 1.78. The molecule has 0 amide bonds. The zero-order valence-corrected chi connectivity index (χ0v) is 18.2. The molecule has 0 atom stereocenters. The van der Waals surface area contributed by atoms with Gasteiger partial charge in [-0.2, -0.15) is 0 Å². The van der Waals surface area contributed by atoms with Crippen LogP contribution in [0.2, 0.25) is 10.0 Å². The number of hydrogen-bond donors (Lipinski definition) is 1. The van der Waals surface area contributed by atoms with Crippen molar-refractivity contribution in [2.45, 2.75) is 13.5 Å². The van der Waals surface area contributed by atoms with Crippen molar-refractivity contribution in [2.75, 3.05) is 0 Å². The minimum Gasteiger partial charge on any atom is -0.488 e. The lowest BCUT2D eigenvalue weighted by Crippen LogP contribution is -2.04. The number of rotatable bonds is 6. The van der Waals surface area contributed by atoms with Crippen molar-refractivity contribution < 1.29 is 14.6 Å². The number of aromatic nitrogens is 1. The van der Waals surface area contributed by atoms with Crippen LogP contribution < -0.4 is 4.74 Å². The van der Waals surface area contributed by atoms with Gasteiger partial charge >= 0.3 is 5.97 Å². The molecular formula is C25H19Cl2NO3. The number of nitrogens with zero attached hydrogens (tertiary/aromatic N) is 1. The first-order chi connectivity index (χ1) is 14.9. The van der Waals surface area contributed by atoms with Gasteiger partial charge in [-0.05, 0) is 61.0 Å². The maximum absolute atomic E-state index is 11.6. The van der Waals surface area contributed by atoms with Crippen LogP contribution in [-0.2, 0) is 6.61 Å². The average Bonchev–Trinajstić information content (AvgIpc) is 3.14. The third-order valence-electron chi connectivity index (χ3n) is 4.97. The number of benzene rings is 3. The summed E-state index contributed by atoms with van der Waals surface area (Å²) in [7, 11) is 0. The molecule has 0 aliphatic heterocycles. The van der Waals surface area contributed by atoms with Crippen LogP contribution in [-0.4, -0.2) is 15.6 Å². The number of aromatic carboxylic acids is 1. The molecule has 4 nitrogen and oxygen atoms in total. The second kappa shape index (κ2) is 8.88. The van der Waals surface area contributed by atoms with E-state index >= 15 is 0 Å². The third kappa shape index (κ3) is 4.46. The van der Waals surface area contributed by atoms with E-state index in [0.717, 1.165) is 22.5 Å². The number of halogens is 2. The fraction of sp³-hybridized carbons (Fsp3) is 0.0800. The molecule has 0 fully saturated rings. The van der Waals surface area contributed by atoms with E-state index in [9.17, 15) is 9.90 Å². The molecule has 6 heteroatoms. The Morgan fingerprint density at radius 3 is 2.48 bits per heavy atom. The van der Waals surface area contributed by atoms with Crippen LogP contribution >= 0.6 is 23.2 Å². The van der Waals surface area contributed by atoms with E-state index in [-0.39, 0.29) is 10.6 Å². The van der Waals surface area contributed by atoms with Gasteiger partial charge in [-0.3, -0.25) is 0 Å². The molecule has 4 aromatic rings. The fourth-order valence-electron chi connectivity index (χ4n) is 3.47. The van der Waals surface area contributed by atoms with Gasteiger partial charge < -0.3 is 14.4 Å². The molecule has 4 rings (SSSR count). The molecule has 0 radical (unpaired) electrons. The van der Waals surface area contributed by atoms with E-state index in [1.54, 1.807) is 24.3 Å². The van der Waals surface area contributed by atoms with Gasteiger partial charge in [0, 0.05) is 22.0 Å². The zero-order valence-electron chi connectivity index (χ0n) is 16.7. The summed E-state index contributed by atoms with van der Waals surface area (Å²) in [6.07, 6.45) is 0. The second-order valence-electron chi connectivity index (χ2n) is 7.08. The predicted molar refractivity (Wildman–Crippen MR) is 124 cm³/mol. The summed E-state index contributed by atoms with van der Waals surface area (Å²) in [5.41, 5.74) is 4.44. The molecule has 0 unspecified atom stereocenters. The van der Waals surface area contributed by atoms with Crippen molar-refractivity contribution in [3.63, 3.8) is 0 Å². The Labute approximate surface area is 190 Å². The average molecular weight is 452 g/mol. The number of carboxylic acids is 1. The minimum atomic E-state index is -1.07. The van der Waals surface area contributed by atoms with Gasteiger partial charge in [0.15, 0.2) is 0 Å². The third-order valence-corrected chi connectivity index (χ3v) is 5.54. The topological polar surface area (TPSA) is 51.5 Å². The molecule has 0 saturated heterocycles. The number of carbonyl (C=O) groups is 1. The molecule has 0 saturated carbocycles. The number of ether oxygens (including phenoxy) is 1. The van der Waals surface area contributed by atoms with Gasteiger partial charge in [0.1, 0.15) is 12.4 Å². The lowest BCUT2D eigenvalue weighted by Gasteiger charge is -2.17. The van der Waals surface area contributed by atoms with Crippen LogP contribution in [0.3, 0.4) is 0 Å². The SMILES string of the molecule is Cc1ccc(-c2ccc(Cl)cc2OCc2ccccc2)n1-c1ccc(Cl)c(C(=O)O)c1. The maximum Gasteiger partial charge on any atom is 0.337 e. The monoisotopic (exact) mass is 451 g/mol. The van der Waals surface area contributed by atoms with Crippen LogP contribution in [0.4, 0.5) is 0 Å². The molecule has 3 aromatic carbocycles. The highest BCUT2D eigenvalue weighted by Gasteiger charge is 2.17. The van der Waals surface area contributed by atoms with Gasteiger partial charge in [-0.25, -0.2) is 4.79 Å². The van der Waals surface area contributed by atoms with Gasteiger partial charge in [0.25, 0.3) is 0 Å². The van der Waals surface area contributed by atoms with E-state index in [4.69, 9.17) is 27.9 Å². The molecular weight excluding hydrogens is 433 g/mol. The largest absolute Gasteiger partial charge is 0.488 e. The number of aryl methyl sites for hydroxylation is 1. The molecule has 1 aromatic heterocycles. The molecule has 0 aliphatic carbocycles. The Bertz CT molecular complexity index is 1250. The van der Waals surface area contributed by atoms with Crippen molar-refractivity contribution >= 4 is 29.2 Å². The smallest absolute Gasteiger partial charge is 0.337 e. The van der Waals surface area contributed by atoms with Gasteiger partial charge in [0.2, 0.25) is 0 Å². The molecule has 0 spiro atoms. The number of hydrogen-bond acceptors (Lipinski definition) is 2. The van der Waals surface area contributed by atoms with Crippen LogP contribution in [0, 0.1) is 6.92 Å². The van der Waals surface area contributed by atoms with Crippen molar-refractivity contribution in [1.82, 2.24) is 4.57 Å². The van der Waals surface area contributed by atoms with Crippen molar-refractivity contribution in [1.29, 1.82) is 0 Å². The highest BCUT2D eigenvalue weighted by Crippen LogP contribution is 2.36. The highest BCUT2D eigenvalue weighted by atomic mass is 35.5. The van der Waals surface area contributed by atoms with Crippen LogP contribution in [0.5, 0.6) is 5.75 Å². The summed E-state index contributed by atoms with van der Waals surface area (Å²) in [6, 6.07) is 24.3. The molecule has 0 aliphatic rings. The molecule has 1 N–H and O–H groups in total. The Kier molecular flexibility index (Phi) is 6.03. The molecule has 31 heavy (non-hydrogen) atoms. The first-order valence-electron chi connectivity index (χ1n) is 9.62. The van der Waals surface area contributed by atoms with Gasteiger partial charge in [0.05, 0.1) is 16.3 Å². The summed E-state index contributed by atoms with van der Waals surface area (Å²) in [5, 5.41) is 10.2. The Morgan fingerprint density at radius 2 is 1.74 bits per heavy atom. The van der Waals surface area contributed by atoms with E-state index in [1.165, 1.54) is 0 Å². The minimum absolute atomic E-state index is 0.0508. The normalized spacial score (nSPS) is 10.8. The van der Waals surface area contributed by atoms with Gasteiger partial charge in [-0.1, -0.05) is 53.5 Å². The zero-order chi connectivity index (χ0) is 22.0. The lowest BCUT2D eigenvalue weighted by atomic mass is 10.1. The van der Waals surface area contributed by atoms with E-state index < -0.39 is 5.97 Å². The van der Waals surface area contributed by atoms with Crippen molar-refractivity contribution in [3.8, 4) is 22.7 Å². The summed E-state index contributed by atoms with van der Waals surface area (Å²) in [4.78, 5) is 11.6. The van der Waals surface area contributed by atoms with Crippen LogP contribution in [0.25, 0.3) is 16.9 Å². The van der Waals surface area contributed by atoms with E-state index in [2.05, 4.69) is 0 Å². The van der Waals surface area contributed by atoms with Crippen molar-refractivity contribution in [3.05, 3.63) is 106 Å². The van der Waals surface area contributed by atoms with Crippen molar-refractivity contribution in [2.24, 2.45) is 0 Å². The maximum atomic E-state index is 11.6. The first-order valence-corrected chi connectivity index (χ1v) is 10.4. The molecule has 1 heterocycles. The van der Waals surface area contributed by atoms with E-state index in [0.29, 0.717) is 23.1 Å². The quantitative estimate of drug-likeness (QED) is 0.342.